The minimum absolute atomic E-state index is 0.0858. The van der Waals surface area contributed by atoms with Gasteiger partial charge in [-0.2, -0.15) is 0 Å². The zero-order valence-electron chi connectivity index (χ0n) is 32.1. The molecule has 0 radical (unpaired) electrons. The first-order valence-electron chi connectivity index (χ1n) is 19.8. The number of aliphatic hydroxyl groups excluding tert-OH is 5. The Morgan fingerprint density at radius 1 is 0.604 bits per heavy atom. The highest BCUT2D eigenvalue weighted by Crippen LogP contribution is 2.47. The van der Waals surface area contributed by atoms with Crippen LogP contribution in [0.15, 0.2) is 36.5 Å². The monoisotopic (exact) mass is 776 g/mol. The van der Waals surface area contributed by atoms with Crippen LogP contribution < -0.4 is 0 Å². The van der Waals surface area contributed by atoms with Crippen LogP contribution in [0.4, 0.5) is 0 Å². The van der Waals surface area contributed by atoms with E-state index >= 15 is 0 Å². The number of carbonyl (C=O) groups is 2. The van der Waals surface area contributed by atoms with Crippen LogP contribution in [0.25, 0.3) is 0 Å². The van der Waals surface area contributed by atoms with E-state index in [2.05, 4.69) is 50.3 Å². The van der Waals surface area contributed by atoms with Crippen LogP contribution in [0.3, 0.4) is 0 Å². The largest absolute Gasteiger partial charge is 0.472 e. The topological polar surface area (TPSA) is 210 Å². The molecule has 1 saturated carbocycles. The number of aliphatic hydroxyl groups is 5. The van der Waals surface area contributed by atoms with E-state index < -0.39 is 75.7 Å². The molecule has 0 aromatic rings. The van der Waals surface area contributed by atoms with Crippen molar-refractivity contribution in [2.75, 3.05) is 13.2 Å². The Bertz CT molecular complexity index is 1080. The van der Waals surface area contributed by atoms with Crippen molar-refractivity contribution in [2.45, 2.75) is 185 Å². The van der Waals surface area contributed by atoms with Crippen molar-refractivity contribution in [3.8, 4) is 0 Å². The molecule has 1 aliphatic carbocycles. The first-order valence-corrected chi connectivity index (χ1v) is 21.3. The van der Waals surface area contributed by atoms with Crippen LogP contribution in [-0.4, -0.2) is 98.3 Å². The molecule has 13 nitrogen and oxygen atoms in total. The summed E-state index contributed by atoms with van der Waals surface area (Å²) < 4.78 is 33.2. The molecule has 6 N–H and O–H groups in total. The third-order valence-corrected chi connectivity index (χ3v) is 9.98. The Balaban J connectivity index is 2.49. The fraction of sp³-hybridized carbons (Fsp3) is 0.795. The summed E-state index contributed by atoms with van der Waals surface area (Å²) in [5.41, 5.74) is 0. The van der Waals surface area contributed by atoms with Crippen molar-refractivity contribution < 1.29 is 63.1 Å². The van der Waals surface area contributed by atoms with Crippen molar-refractivity contribution in [1.29, 1.82) is 0 Å². The number of hydrogen-bond acceptors (Lipinski definition) is 12. The van der Waals surface area contributed by atoms with Crippen molar-refractivity contribution in [3.05, 3.63) is 36.5 Å². The lowest BCUT2D eigenvalue weighted by molar-refractivity contribution is -0.220. The summed E-state index contributed by atoms with van der Waals surface area (Å²) in [7, 11) is -5.11. The van der Waals surface area contributed by atoms with Gasteiger partial charge in [-0.1, -0.05) is 121 Å². The maximum atomic E-state index is 12.7. The molecule has 0 saturated heterocycles. The van der Waals surface area contributed by atoms with E-state index in [0.29, 0.717) is 12.8 Å². The van der Waals surface area contributed by atoms with Gasteiger partial charge in [0, 0.05) is 12.8 Å². The van der Waals surface area contributed by atoms with E-state index in [-0.39, 0.29) is 12.8 Å². The number of unbranched alkanes of at least 4 members (excludes halogenated alkanes) is 13. The third kappa shape index (κ3) is 23.6. The van der Waals surface area contributed by atoms with Gasteiger partial charge in [0.1, 0.15) is 43.2 Å². The highest BCUT2D eigenvalue weighted by Gasteiger charge is 2.51. The first-order chi connectivity index (χ1) is 25.4. The van der Waals surface area contributed by atoms with E-state index in [4.69, 9.17) is 18.5 Å². The Labute approximate surface area is 317 Å². The predicted molar refractivity (Wildman–Crippen MR) is 203 cm³/mol. The van der Waals surface area contributed by atoms with Crippen LogP contribution >= 0.6 is 7.82 Å². The summed E-state index contributed by atoms with van der Waals surface area (Å²) in [5.74, 6) is -1.12. The Kier molecular flexibility index (Phi) is 28.1. The lowest BCUT2D eigenvalue weighted by atomic mass is 9.85. The predicted octanol–water partition coefficient (Wildman–Crippen LogP) is 6.27. The van der Waals surface area contributed by atoms with Crippen LogP contribution in [0.2, 0.25) is 0 Å². The van der Waals surface area contributed by atoms with Crippen LogP contribution in [0.5, 0.6) is 0 Å². The van der Waals surface area contributed by atoms with Crippen molar-refractivity contribution in [1.82, 2.24) is 0 Å². The van der Waals surface area contributed by atoms with E-state index in [9.17, 15) is 44.6 Å². The number of carbonyl (C=O) groups excluding carboxylic acids is 2. The maximum absolute atomic E-state index is 12.7. The number of hydrogen-bond donors (Lipinski definition) is 6. The van der Waals surface area contributed by atoms with Crippen molar-refractivity contribution in [3.63, 3.8) is 0 Å². The summed E-state index contributed by atoms with van der Waals surface area (Å²) in [6, 6.07) is 0. The molecule has 1 aliphatic rings. The number of rotatable bonds is 31. The molecule has 0 amide bonds. The Morgan fingerprint density at radius 2 is 1.08 bits per heavy atom. The number of esters is 2. The van der Waals surface area contributed by atoms with Gasteiger partial charge < -0.3 is 39.9 Å². The molecule has 6 atom stereocenters. The molecule has 0 aliphatic heterocycles. The average molecular weight is 777 g/mol. The lowest BCUT2D eigenvalue weighted by Gasteiger charge is -2.41. The number of phosphoric ester groups is 1. The second-order valence-corrected chi connectivity index (χ2v) is 15.2. The van der Waals surface area contributed by atoms with Crippen LogP contribution in [0, 0.1) is 0 Å². The van der Waals surface area contributed by atoms with Crippen molar-refractivity contribution in [2.24, 2.45) is 0 Å². The van der Waals surface area contributed by atoms with Gasteiger partial charge in [0.25, 0.3) is 0 Å². The molecular formula is C39H69O13P. The van der Waals surface area contributed by atoms with Crippen molar-refractivity contribution >= 4 is 19.8 Å². The van der Waals surface area contributed by atoms with Gasteiger partial charge in [0.05, 0.1) is 6.61 Å². The molecule has 308 valence electrons. The molecule has 0 bridgehead atoms. The summed E-state index contributed by atoms with van der Waals surface area (Å²) in [4.78, 5) is 35.3. The molecular weight excluding hydrogens is 707 g/mol. The number of allylic oxidation sites excluding steroid dienone is 6. The minimum Gasteiger partial charge on any atom is -0.462 e. The highest BCUT2D eigenvalue weighted by molar-refractivity contribution is 7.47. The molecule has 1 rings (SSSR count). The first kappa shape index (κ1) is 49.1. The quantitative estimate of drug-likeness (QED) is 0.0199. The van der Waals surface area contributed by atoms with E-state index in [1.54, 1.807) is 0 Å². The van der Waals surface area contributed by atoms with Gasteiger partial charge in [0.2, 0.25) is 0 Å². The molecule has 0 aromatic carbocycles. The van der Waals surface area contributed by atoms with Gasteiger partial charge in [-0.25, -0.2) is 4.57 Å². The Hall–Kier alpha value is -1.93. The zero-order chi connectivity index (χ0) is 39.3. The molecule has 53 heavy (non-hydrogen) atoms. The second kappa shape index (κ2) is 30.3. The van der Waals surface area contributed by atoms with Gasteiger partial charge in [-0.3, -0.25) is 18.6 Å². The molecule has 0 aromatic heterocycles. The van der Waals surface area contributed by atoms with E-state index in [0.717, 1.165) is 96.3 Å². The molecule has 14 heteroatoms. The standard InChI is InChI=1S/C39H69O13P/c1-3-5-7-9-11-12-13-14-15-16-17-18-19-20-22-24-26-28-33(41)51-31(29-49-32(40)27-25-23-21-10-8-6-4-2)30-50-53(47,48)52-39-37(45)35(43)34(42)36(44)38(39)46/h5,7,11-12,14-15,31,34-39,42-46H,3-4,6,8-10,13,16-30H2,1-2H3,(H,47,48)/b7-5-,12-11-,15-14-. The van der Waals surface area contributed by atoms with E-state index in [1.807, 2.05) is 0 Å². The normalized spacial score (nSPS) is 23.8. The summed E-state index contributed by atoms with van der Waals surface area (Å²) in [5, 5.41) is 49.9. The maximum Gasteiger partial charge on any atom is 0.472 e. The smallest absolute Gasteiger partial charge is 0.462 e. The van der Waals surface area contributed by atoms with Gasteiger partial charge >= 0.3 is 19.8 Å². The fourth-order valence-corrected chi connectivity index (χ4v) is 6.74. The van der Waals surface area contributed by atoms with Crippen LogP contribution in [0.1, 0.15) is 142 Å². The lowest BCUT2D eigenvalue weighted by Crippen LogP contribution is -2.64. The summed E-state index contributed by atoms with van der Waals surface area (Å²) in [6.45, 7) is 3.09. The highest BCUT2D eigenvalue weighted by atomic mass is 31.2. The van der Waals surface area contributed by atoms with Gasteiger partial charge in [0.15, 0.2) is 6.10 Å². The summed E-state index contributed by atoms with van der Waals surface area (Å²) in [6.07, 6.45) is 18.2. The second-order valence-electron chi connectivity index (χ2n) is 13.8. The molecule has 6 unspecified atom stereocenters. The average Bonchev–Trinajstić information content (AvgIpc) is 3.13. The van der Waals surface area contributed by atoms with Gasteiger partial charge in [-0.15, -0.1) is 0 Å². The molecule has 0 spiro atoms. The molecule has 0 heterocycles. The third-order valence-electron chi connectivity index (χ3n) is 9.00. The fourth-order valence-electron chi connectivity index (χ4n) is 5.77. The van der Waals surface area contributed by atoms with E-state index in [1.165, 1.54) is 6.42 Å². The van der Waals surface area contributed by atoms with Crippen LogP contribution in [-0.2, 0) is 32.7 Å². The number of phosphoric acid groups is 1. The summed E-state index contributed by atoms with van der Waals surface area (Å²) >= 11 is 0. The molecule has 1 fully saturated rings. The van der Waals surface area contributed by atoms with Gasteiger partial charge in [-0.05, 0) is 44.9 Å². The number of ether oxygens (including phenoxy) is 2. The minimum atomic E-state index is -5.11. The Morgan fingerprint density at radius 3 is 1.64 bits per heavy atom. The zero-order valence-corrected chi connectivity index (χ0v) is 32.9. The SMILES string of the molecule is CC/C=C\C/C=C\C/C=C\CCCCCCCCCC(=O)OC(COC(=O)CCCCCCCCC)COP(=O)(O)OC1C(O)C(O)C(O)C(O)C1O.